The van der Waals surface area contributed by atoms with Crippen molar-refractivity contribution in [2.75, 3.05) is 68.6 Å². The van der Waals surface area contributed by atoms with Crippen LogP contribution in [0.5, 0.6) is 11.5 Å². The SMILES string of the molecule is C=C[C@H](OCc1ccc(OC)cc1)C(OCc1ccc(OC)cc1)C(OCc1ccccc1)[C@H]1C[C@H](O)C2(OCOCC[Si](C)(C)C)CCC([C@@H](OCOC)[C@@H](OCOCCOC)[C@@H]1C)C2(C)C. The van der Waals surface area contributed by atoms with Crippen LogP contribution in [0.3, 0.4) is 0 Å². The normalized spacial score (nSPS) is 25.2. The van der Waals surface area contributed by atoms with Gasteiger partial charge in [-0.1, -0.05) is 101 Å². The second kappa shape index (κ2) is 27.4. The van der Waals surface area contributed by atoms with Gasteiger partial charge in [0.1, 0.15) is 49.7 Å². The van der Waals surface area contributed by atoms with Crippen molar-refractivity contribution in [1.82, 2.24) is 0 Å². The molecule has 0 aliphatic heterocycles. The maximum atomic E-state index is 13.2. The predicted molar refractivity (Wildman–Crippen MR) is 265 cm³/mol. The molecule has 68 heavy (non-hydrogen) atoms. The molecule has 0 radical (unpaired) electrons. The van der Waals surface area contributed by atoms with E-state index in [2.05, 4.69) is 47.0 Å². The zero-order chi connectivity index (χ0) is 49.2. The molecule has 4 unspecified atom stereocenters. The number of aliphatic hydroxyl groups is 1. The lowest BCUT2D eigenvalue weighted by atomic mass is 9.67. The summed E-state index contributed by atoms with van der Waals surface area (Å²) in [4.78, 5) is 0. The van der Waals surface area contributed by atoms with Crippen LogP contribution < -0.4 is 9.47 Å². The van der Waals surface area contributed by atoms with Crippen molar-refractivity contribution in [3.8, 4) is 11.5 Å². The molecule has 10 atom stereocenters. The Labute approximate surface area is 408 Å². The Hall–Kier alpha value is -3.22. The van der Waals surface area contributed by atoms with Crippen molar-refractivity contribution in [2.24, 2.45) is 23.2 Å². The van der Waals surface area contributed by atoms with E-state index in [9.17, 15) is 5.11 Å². The molecule has 3 aromatic rings. The van der Waals surface area contributed by atoms with E-state index in [1.807, 2.05) is 78.9 Å². The smallest absolute Gasteiger partial charge is 0.147 e. The topological polar surface area (TPSA) is 131 Å². The van der Waals surface area contributed by atoms with E-state index in [0.29, 0.717) is 32.7 Å². The van der Waals surface area contributed by atoms with Crippen LogP contribution in [-0.2, 0) is 67.2 Å². The lowest BCUT2D eigenvalue weighted by Gasteiger charge is -2.48. The summed E-state index contributed by atoms with van der Waals surface area (Å²) in [7, 11) is 5.19. The number of fused-ring (bicyclic) bond motifs is 2. The molecule has 3 aromatic carbocycles. The Morgan fingerprint density at radius 3 is 1.88 bits per heavy atom. The molecule has 2 fully saturated rings. The Morgan fingerprint density at radius 2 is 1.29 bits per heavy atom. The molecule has 2 aliphatic rings. The van der Waals surface area contributed by atoms with E-state index in [-0.39, 0.29) is 58.5 Å². The fraction of sp³-hybridized carbons (Fsp3) is 0.630. The Balaban J connectivity index is 1.65. The van der Waals surface area contributed by atoms with Crippen molar-refractivity contribution < 1.29 is 61.9 Å². The van der Waals surface area contributed by atoms with Crippen molar-refractivity contribution in [1.29, 1.82) is 0 Å². The fourth-order valence-corrected chi connectivity index (χ4v) is 10.8. The van der Waals surface area contributed by atoms with Crippen molar-refractivity contribution in [3.63, 3.8) is 0 Å². The zero-order valence-corrected chi connectivity index (χ0v) is 43.5. The minimum Gasteiger partial charge on any atom is -0.497 e. The summed E-state index contributed by atoms with van der Waals surface area (Å²) < 4.78 is 76.1. The molecule has 14 heteroatoms. The van der Waals surface area contributed by atoms with Crippen LogP contribution in [0.4, 0.5) is 0 Å². The Kier molecular flexibility index (Phi) is 22.4. The van der Waals surface area contributed by atoms with E-state index in [1.165, 1.54) is 0 Å². The van der Waals surface area contributed by atoms with Gasteiger partial charge in [0.15, 0.2) is 0 Å². The average Bonchev–Trinajstić information content (AvgIpc) is 3.61. The monoisotopic (exact) mass is 967 g/mol. The molecule has 0 saturated heterocycles. The summed E-state index contributed by atoms with van der Waals surface area (Å²) in [6.07, 6.45) is -0.853. The highest BCUT2D eigenvalue weighted by Gasteiger charge is 2.64. The number of ether oxygens (including phenoxy) is 12. The second-order valence-electron chi connectivity index (χ2n) is 19.9. The third-order valence-corrected chi connectivity index (χ3v) is 15.8. The molecule has 2 bridgehead atoms. The average molecular weight is 967 g/mol. The lowest BCUT2D eigenvalue weighted by molar-refractivity contribution is -0.237. The lowest BCUT2D eigenvalue weighted by Crippen LogP contribution is -2.57. The van der Waals surface area contributed by atoms with E-state index in [4.69, 9.17) is 56.8 Å². The van der Waals surface area contributed by atoms with Gasteiger partial charge in [0.2, 0.25) is 0 Å². The van der Waals surface area contributed by atoms with E-state index >= 15 is 0 Å². The first-order chi connectivity index (χ1) is 32.7. The zero-order valence-electron chi connectivity index (χ0n) is 42.5. The summed E-state index contributed by atoms with van der Waals surface area (Å²) in [5.74, 6) is 0.577. The molecule has 0 amide bonds. The number of hydrogen-bond donors (Lipinski definition) is 1. The van der Waals surface area contributed by atoms with Crippen LogP contribution in [0, 0.1) is 23.2 Å². The van der Waals surface area contributed by atoms with Gasteiger partial charge in [-0.25, -0.2) is 0 Å². The highest BCUT2D eigenvalue weighted by molar-refractivity contribution is 6.76. The van der Waals surface area contributed by atoms with Gasteiger partial charge in [-0.05, 0) is 84.0 Å². The van der Waals surface area contributed by atoms with Gasteiger partial charge >= 0.3 is 0 Å². The van der Waals surface area contributed by atoms with E-state index < -0.39 is 61.6 Å². The van der Waals surface area contributed by atoms with Crippen LogP contribution in [0.25, 0.3) is 0 Å². The number of rotatable bonds is 30. The molecule has 0 heterocycles. The molecule has 13 nitrogen and oxygen atoms in total. The van der Waals surface area contributed by atoms with Gasteiger partial charge in [0.05, 0.1) is 71.7 Å². The van der Waals surface area contributed by atoms with Crippen molar-refractivity contribution >= 4 is 8.07 Å². The third kappa shape index (κ3) is 15.1. The van der Waals surface area contributed by atoms with Gasteiger partial charge < -0.3 is 61.9 Å². The molecule has 1 N–H and O–H groups in total. The molecular weight excluding hydrogens is 885 g/mol. The maximum Gasteiger partial charge on any atom is 0.147 e. The van der Waals surface area contributed by atoms with Gasteiger partial charge in [-0.2, -0.15) is 0 Å². The number of benzene rings is 3. The minimum atomic E-state index is -1.37. The summed E-state index contributed by atoms with van der Waals surface area (Å²) in [5, 5.41) is 13.2. The summed E-state index contributed by atoms with van der Waals surface area (Å²) in [6, 6.07) is 26.7. The largest absolute Gasteiger partial charge is 0.497 e. The van der Waals surface area contributed by atoms with E-state index in [0.717, 1.165) is 34.2 Å². The van der Waals surface area contributed by atoms with Gasteiger partial charge in [0.25, 0.3) is 0 Å². The molecular formula is C54H82O13Si. The minimum absolute atomic E-state index is 0.00655. The van der Waals surface area contributed by atoms with Crippen LogP contribution in [0.2, 0.25) is 25.7 Å². The van der Waals surface area contributed by atoms with Crippen LogP contribution >= 0.6 is 0 Å². The highest BCUT2D eigenvalue weighted by atomic mass is 28.3. The molecule has 0 spiro atoms. The number of methoxy groups -OCH3 is 4. The molecule has 380 valence electrons. The van der Waals surface area contributed by atoms with Crippen molar-refractivity contribution in [3.05, 3.63) is 108 Å². The summed E-state index contributed by atoms with van der Waals surface area (Å²) in [5.41, 5.74) is 1.20. The number of hydrogen-bond acceptors (Lipinski definition) is 13. The summed E-state index contributed by atoms with van der Waals surface area (Å²) in [6.45, 7) is 20.0. The fourth-order valence-electron chi connectivity index (χ4n) is 10.0. The van der Waals surface area contributed by atoms with Crippen LogP contribution in [0.15, 0.2) is 91.5 Å². The second-order valence-corrected chi connectivity index (χ2v) is 25.6. The predicted octanol–water partition coefficient (Wildman–Crippen LogP) is 9.46. The molecule has 2 saturated carbocycles. The summed E-state index contributed by atoms with van der Waals surface area (Å²) >= 11 is 0. The van der Waals surface area contributed by atoms with E-state index in [1.54, 1.807) is 34.5 Å². The first-order valence-electron chi connectivity index (χ1n) is 24.2. The third-order valence-electron chi connectivity index (χ3n) is 14.1. The van der Waals surface area contributed by atoms with Gasteiger partial charge in [-0.3, -0.25) is 0 Å². The first-order valence-corrected chi connectivity index (χ1v) is 27.9. The van der Waals surface area contributed by atoms with Crippen LogP contribution in [-0.4, -0.2) is 124 Å². The first kappa shape index (κ1) is 55.7. The molecule has 0 aromatic heterocycles. The molecule has 5 rings (SSSR count). The molecule has 2 aliphatic carbocycles. The highest BCUT2D eigenvalue weighted by Crippen LogP contribution is 2.59. The Bertz CT molecular complexity index is 1860. The van der Waals surface area contributed by atoms with Crippen LogP contribution in [0.1, 0.15) is 56.7 Å². The number of aliphatic hydroxyl groups excluding tert-OH is 1. The quantitative estimate of drug-likeness (QED) is 0.0295. The van der Waals surface area contributed by atoms with Gasteiger partial charge in [0, 0.05) is 34.3 Å². The standard InChI is InChI=1S/C54H82O13Si/c1-12-47(62-33-41-18-22-43(58-7)23-19-41)52(64-35-42-20-24-44(59-8)25-21-42)50(63-34-40-16-14-13-15-17-40)45-32-48(55)54(67-38-61-30-31-68(9,10)11)27-26-46(53(54,3)4)51(65-36-57-6)49(39(45)2)66-37-60-29-28-56-5/h12-25,39,45-52,55H,1,26-38H2,2-11H3/t39-,45+,46?,47+,48+,49+,50?,51-,52?,54?/m1/s1. The Morgan fingerprint density at radius 1 is 0.706 bits per heavy atom. The van der Waals surface area contributed by atoms with Crippen molar-refractivity contribution in [2.45, 2.75) is 128 Å². The maximum absolute atomic E-state index is 13.2. The van der Waals surface area contributed by atoms with Gasteiger partial charge in [-0.15, -0.1) is 6.58 Å².